The van der Waals surface area contributed by atoms with Crippen LogP contribution >= 0.6 is 35.3 Å². The van der Waals surface area contributed by atoms with Gasteiger partial charge in [-0.1, -0.05) is 78.1 Å². The predicted molar refractivity (Wildman–Crippen MR) is 155 cm³/mol. The minimum atomic E-state index is -0.213. The molecule has 0 saturated carbocycles. The van der Waals surface area contributed by atoms with Crippen molar-refractivity contribution in [3.05, 3.63) is 33.1 Å². The van der Waals surface area contributed by atoms with Crippen LogP contribution in [0.4, 0.5) is 0 Å². The number of hydrogen-bond donors (Lipinski definition) is 0. The lowest BCUT2D eigenvalue weighted by atomic mass is 9.96. The Kier molecular flexibility index (Phi) is 19.0. The summed E-state index contributed by atoms with van der Waals surface area (Å²) in [6, 6.07) is 0. The first-order valence-electron chi connectivity index (χ1n) is 13.1. The van der Waals surface area contributed by atoms with E-state index in [9.17, 15) is 9.59 Å². The molecule has 6 heteroatoms. The number of hydrogen-bond acceptors (Lipinski definition) is 6. The predicted octanol–water partition coefficient (Wildman–Crippen LogP) is 8.75. The van der Waals surface area contributed by atoms with Gasteiger partial charge in [0.15, 0.2) is 5.78 Å². The zero-order valence-corrected chi connectivity index (χ0v) is 24.4. The molecule has 0 bridgehead atoms. The van der Waals surface area contributed by atoms with E-state index in [4.69, 9.17) is 4.74 Å². The number of ketones is 1. The number of allylic oxidation sites excluding steroid dienone is 4. The van der Waals surface area contributed by atoms with Gasteiger partial charge in [-0.25, -0.2) is 0 Å². The number of unbranched alkanes of at least 4 members (excludes halogenated alkanes) is 10. The van der Waals surface area contributed by atoms with Crippen molar-refractivity contribution in [2.24, 2.45) is 0 Å². The molecule has 0 saturated heterocycles. The molecular weight excluding hydrogens is 481 g/mol. The third-order valence-corrected chi connectivity index (χ3v) is 9.44. The number of carbonyl (C=O) groups excluding carboxylic acids is 2. The van der Waals surface area contributed by atoms with Crippen LogP contribution in [-0.2, 0) is 14.3 Å². The summed E-state index contributed by atoms with van der Waals surface area (Å²) in [5.74, 6) is 3.16. The fraction of sp³-hybridized carbons (Fsp3) is 0.714. The monoisotopic (exact) mass is 526 g/mol. The third-order valence-electron chi connectivity index (χ3n) is 5.77. The lowest BCUT2D eigenvalue weighted by Crippen LogP contribution is -2.12. The summed E-state index contributed by atoms with van der Waals surface area (Å²) >= 11 is 5.23. The molecule has 0 radical (unpaired) electrons. The number of Topliss-reactive ketones (excluding diaryl/α,β-unsaturated/α-hetero) is 1. The molecule has 1 rings (SSSR count). The Bertz CT molecular complexity index is 695. The Hall–Kier alpha value is -0.590. The lowest BCUT2D eigenvalue weighted by molar-refractivity contribution is -0.137. The van der Waals surface area contributed by atoms with E-state index in [1.807, 2.05) is 36.5 Å². The number of esters is 1. The summed E-state index contributed by atoms with van der Waals surface area (Å²) in [5, 5.41) is 0. The first kappa shape index (κ1) is 31.4. The summed E-state index contributed by atoms with van der Waals surface area (Å²) in [5.41, 5.74) is 2.77. The molecule has 0 unspecified atom stereocenters. The van der Waals surface area contributed by atoms with Gasteiger partial charge in [0.1, 0.15) is 0 Å². The molecule has 0 amide bonds. The molecule has 0 spiro atoms. The molecule has 0 heterocycles. The van der Waals surface area contributed by atoms with E-state index in [1.54, 1.807) is 11.8 Å². The molecule has 194 valence electrons. The normalized spacial score (nSPS) is 15.2. The molecule has 34 heavy (non-hydrogen) atoms. The Morgan fingerprint density at radius 2 is 1.41 bits per heavy atom. The maximum atomic E-state index is 12.8. The van der Waals surface area contributed by atoms with Crippen molar-refractivity contribution in [2.45, 2.75) is 97.8 Å². The molecule has 1 aliphatic carbocycles. The van der Waals surface area contributed by atoms with Crippen LogP contribution in [0.2, 0.25) is 0 Å². The van der Waals surface area contributed by atoms with Crippen molar-refractivity contribution >= 4 is 47.0 Å². The lowest BCUT2D eigenvalue weighted by Gasteiger charge is -2.17. The zero-order valence-electron chi connectivity index (χ0n) is 21.9. The van der Waals surface area contributed by atoms with Gasteiger partial charge in [-0.05, 0) is 54.6 Å². The van der Waals surface area contributed by atoms with Crippen molar-refractivity contribution < 1.29 is 14.3 Å². The fourth-order valence-corrected chi connectivity index (χ4v) is 6.89. The Morgan fingerprint density at radius 3 is 2.03 bits per heavy atom. The summed E-state index contributed by atoms with van der Waals surface area (Å²) < 4.78 is 5.98. The Labute approximate surface area is 221 Å². The second kappa shape index (κ2) is 20.6. The van der Waals surface area contributed by atoms with E-state index in [1.165, 1.54) is 84.2 Å². The number of methoxy groups -OCH3 is 1. The molecule has 3 nitrogen and oxygen atoms in total. The van der Waals surface area contributed by atoms with Crippen molar-refractivity contribution in [1.29, 1.82) is 0 Å². The van der Waals surface area contributed by atoms with Gasteiger partial charge < -0.3 is 4.74 Å². The first-order valence-corrected chi connectivity index (χ1v) is 16.2. The van der Waals surface area contributed by atoms with Crippen LogP contribution in [0.1, 0.15) is 97.8 Å². The second-order valence-electron chi connectivity index (χ2n) is 8.87. The van der Waals surface area contributed by atoms with Crippen LogP contribution in [0.3, 0.4) is 0 Å². The van der Waals surface area contributed by atoms with Crippen LogP contribution in [0.15, 0.2) is 33.1 Å². The van der Waals surface area contributed by atoms with Gasteiger partial charge in [-0.2, -0.15) is 11.8 Å². The number of thioether (sulfide) groups is 3. The van der Waals surface area contributed by atoms with Crippen LogP contribution < -0.4 is 0 Å². The maximum absolute atomic E-state index is 12.8. The van der Waals surface area contributed by atoms with Crippen LogP contribution in [0.5, 0.6) is 0 Å². The highest BCUT2D eigenvalue weighted by Crippen LogP contribution is 2.36. The minimum absolute atomic E-state index is 0.164. The Morgan fingerprint density at radius 1 is 0.824 bits per heavy atom. The number of carbonyl (C=O) groups is 2. The van der Waals surface area contributed by atoms with Crippen molar-refractivity contribution in [3.8, 4) is 0 Å². The first-order chi connectivity index (χ1) is 16.5. The number of rotatable bonds is 20. The summed E-state index contributed by atoms with van der Waals surface area (Å²) in [4.78, 5) is 24.5. The van der Waals surface area contributed by atoms with Crippen molar-refractivity contribution in [1.82, 2.24) is 0 Å². The van der Waals surface area contributed by atoms with E-state index in [0.29, 0.717) is 5.75 Å². The highest BCUT2D eigenvalue weighted by Gasteiger charge is 2.20. The average Bonchev–Trinajstić information content (AvgIpc) is 2.84. The quantitative estimate of drug-likeness (QED) is 0.117. The summed E-state index contributed by atoms with van der Waals surface area (Å²) in [6.45, 7) is 6.40. The van der Waals surface area contributed by atoms with Gasteiger partial charge in [0, 0.05) is 15.6 Å². The second-order valence-corrected chi connectivity index (χ2v) is 12.3. The van der Waals surface area contributed by atoms with E-state index in [0.717, 1.165) is 38.2 Å². The van der Waals surface area contributed by atoms with Crippen molar-refractivity contribution in [3.63, 3.8) is 0 Å². The molecule has 0 aromatic rings. The van der Waals surface area contributed by atoms with Gasteiger partial charge in [-0.15, -0.1) is 23.5 Å². The van der Waals surface area contributed by atoms with Gasteiger partial charge in [-0.3, -0.25) is 9.59 Å². The molecule has 0 aromatic heterocycles. The van der Waals surface area contributed by atoms with Gasteiger partial charge in [0.05, 0.1) is 12.9 Å². The summed E-state index contributed by atoms with van der Waals surface area (Å²) in [6.07, 6.45) is 19.5. The van der Waals surface area contributed by atoms with Gasteiger partial charge in [0.2, 0.25) is 0 Å². The molecule has 0 fully saturated rings. The maximum Gasteiger partial charge on any atom is 0.316 e. The molecular formula is C28H46O3S3. The third kappa shape index (κ3) is 14.1. The molecule has 0 aliphatic heterocycles. The van der Waals surface area contributed by atoms with E-state index in [-0.39, 0.29) is 11.8 Å². The topological polar surface area (TPSA) is 43.4 Å². The van der Waals surface area contributed by atoms with Gasteiger partial charge >= 0.3 is 5.97 Å². The highest BCUT2D eigenvalue weighted by atomic mass is 32.2. The zero-order chi connectivity index (χ0) is 25.0. The van der Waals surface area contributed by atoms with Crippen LogP contribution in [0, 0.1) is 0 Å². The Balaban J connectivity index is 2.71. The molecule has 0 aromatic carbocycles. The van der Waals surface area contributed by atoms with Crippen LogP contribution in [0.25, 0.3) is 0 Å². The molecule has 0 atom stereocenters. The van der Waals surface area contributed by atoms with E-state index in [2.05, 4.69) is 19.9 Å². The highest BCUT2D eigenvalue weighted by molar-refractivity contribution is 8.22. The number of ether oxygens (including phenoxy) is 1. The standard InChI is InChI=1S/C28H46O3S3/c1-5-7-9-11-13-15-17-32-21-25-20-24(19-23(3)27(25)30)28(34-22-26(29)31-4)33-18-16-14-12-10-8-6-2/h19-20H,5-18,21-22H2,1-4H3/b28-24+. The van der Waals surface area contributed by atoms with Crippen LogP contribution in [-0.4, -0.2) is 41.9 Å². The fourth-order valence-electron chi connectivity index (χ4n) is 3.68. The van der Waals surface area contributed by atoms with E-state index < -0.39 is 0 Å². The molecule has 0 N–H and O–H groups in total. The average molecular weight is 527 g/mol. The minimum Gasteiger partial charge on any atom is -0.468 e. The molecule has 1 aliphatic rings. The smallest absolute Gasteiger partial charge is 0.316 e. The van der Waals surface area contributed by atoms with Crippen molar-refractivity contribution in [2.75, 3.05) is 30.1 Å². The summed E-state index contributed by atoms with van der Waals surface area (Å²) in [7, 11) is 1.43. The van der Waals surface area contributed by atoms with E-state index >= 15 is 0 Å². The SMILES string of the molecule is CCCCCCCCSCC1=C/C(=C(\SCCCCCCCC)SCC(=O)OC)C=C(C)C1=O. The van der Waals surface area contributed by atoms with Gasteiger partial charge in [0.25, 0.3) is 0 Å². The largest absolute Gasteiger partial charge is 0.468 e.